The molecule has 0 fully saturated rings. The highest BCUT2D eigenvalue weighted by atomic mass is 32.2. The minimum atomic E-state index is -1.44. The normalized spacial score (nSPS) is 12.4. The first-order valence-corrected chi connectivity index (χ1v) is 5.81. The molecule has 2 aromatic carbocycles. The molecule has 0 aromatic heterocycles. The Morgan fingerprint density at radius 3 is 2.13 bits per heavy atom. The van der Waals surface area contributed by atoms with Crippen molar-refractivity contribution in [3.05, 3.63) is 54.6 Å². The van der Waals surface area contributed by atoms with E-state index >= 15 is 0 Å². The standard InChI is InChI=1S/C12H11NOS/c13-15(14)12-9-5-4-8-11(12)10-6-2-1-3-7-10/h1-9H,13H2/t15-/m1/s1. The number of benzene rings is 2. The van der Waals surface area contributed by atoms with E-state index in [0.29, 0.717) is 4.90 Å². The molecule has 0 aliphatic rings. The van der Waals surface area contributed by atoms with Crippen molar-refractivity contribution < 1.29 is 4.55 Å². The minimum absolute atomic E-state index is 0.670. The largest absolute Gasteiger partial charge is 0.593 e. The maximum absolute atomic E-state index is 11.3. The van der Waals surface area contributed by atoms with Gasteiger partial charge in [0.1, 0.15) is 0 Å². The summed E-state index contributed by atoms with van der Waals surface area (Å²) >= 11 is -1.44. The monoisotopic (exact) mass is 217 g/mol. The lowest BCUT2D eigenvalue weighted by Crippen LogP contribution is -2.13. The van der Waals surface area contributed by atoms with Crippen LogP contribution in [0.4, 0.5) is 0 Å². The third kappa shape index (κ3) is 2.21. The molecule has 3 heteroatoms. The molecule has 0 saturated heterocycles. The van der Waals surface area contributed by atoms with Gasteiger partial charge in [-0.2, -0.15) is 0 Å². The van der Waals surface area contributed by atoms with E-state index < -0.39 is 11.4 Å². The van der Waals surface area contributed by atoms with Crippen LogP contribution < -0.4 is 5.14 Å². The topological polar surface area (TPSA) is 49.1 Å². The van der Waals surface area contributed by atoms with Gasteiger partial charge in [-0.05, 0) is 17.7 Å². The number of hydrogen-bond acceptors (Lipinski definition) is 2. The van der Waals surface area contributed by atoms with Crippen LogP contribution in [0.1, 0.15) is 0 Å². The van der Waals surface area contributed by atoms with Crippen LogP contribution in [0.2, 0.25) is 0 Å². The lowest BCUT2D eigenvalue weighted by molar-refractivity contribution is 0.597. The summed E-state index contributed by atoms with van der Waals surface area (Å²) in [4.78, 5) is 0.670. The van der Waals surface area contributed by atoms with Crippen LogP contribution in [0.5, 0.6) is 0 Å². The van der Waals surface area contributed by atoms with Crippen LogP contribution >= 0.6 is 0 Å². The first kappa shape index (κ1) is 10.2. The van der Waals surface area contributed by atoms with Crippen molar-refractivity contribution in [1.82, 2.24) is 0 Å². The van der Waals surface area contributed by atoms with E-state index in [1.165, 1.54) is 0 Å². The second kappa shape index (κ2) is 4.49. The Bertz CT molecular complexity index is 442. The second-order valence-electron chi connectivity index (χ2n) is 3.16. The van der Waals surface area contributed by atoms with Crippen LogP contribution in [0, 0.1) is 0 Å². The van der Waals surface area contributed by atoms with Gasteiger partial charge in [-0.1, -0.05) is 42.5 Å². The minimum Gasteiger partial charge on any atom is -0.593 e. The molecule has 2 N–H and O–H groups in total. The summed E-state index contributed by atoms with van der Waals surface area (Å²) in [5, 5.41) is 5.42. The van der Waals surface area contributed by atoms with E-state index in [1.807, 2.05) is 48.5 Å². The molecular formula is C12H11NOS. The van der Waals surface area contributed by atoms with Crippen molar-refractivity contribution in [1.29, 1.82) is 0 Å². The van der Waals surface area contributed by atoms with Crippen molar-refractivity contribution in [3.8, 4) is 11.1 Å². The molecule has 0 bridgehead atoms. The number of hydrogen-bond donors (Lipinski definition) is 1. The molecule has 76 valence electrons. The molecule has 2 aromatic rings. The van der Waals surface area contributed by atoms with Crippen molar-refractivity contribution in [2.75, 3.05) is 0 Å². The molecule has 1 atom stereocenters. The van der Waals surface area contributed by atoms with Gasteiger partial charge in [0.25, 0.3) is 0 Å². The highest BCUT2D eigenvalue weighted by Gasteiger charge is 2.12. The van der Waals surface area contributed by atoms with Crippen LogP contribution in [0.3, 0.4) is 0 Å². The fourth-order valence-electron chi connectivity index (χ4n) is 1.50. The molecule has 0 spiro atoms. The fraction of sp³-hybridized carbons (Fsp3) is 0. The smallest absolute Gasteiger partial charge is 0.181 e. The van der Waals surface area contributed by atoms with E-state index in [1.54, 1.807) is 6.07 Å². The highest BCUT2D eigenvalue weighted by Crippen LogP contribution is 2.25. The van der Waals surface area contributed by atoms with Gasteiger partial charge in [0.05, 0.1) is 11.4 Å². The third-order valence-electron chi connectivity index (χ3n) is 2.19. The molecule has 0 amide bonds. The molecule has 0 unspecified atom stereocenters. The van der Waals surface area contributed by atoms with Crippen LogP contribution in [-0.4, -0.2) is 4.55 Å². The van der Waals surface area contributed by atoms with Gasteiger partial charge in [0.15, 0.2) is 4.90 Å². The molecule has 0 saturated carbocycles. The van der Waals surface area contributed by atoms with Crippen molar-refractivity contribution in [3.63, 3.8) is 0 Å². The summed E-state index contributed by atoms with van der Waals surface area (Å²) in [5.41, 5.74) is 1.96. The summed E-state index contributed by atoms with van der Waals surface area (Å²) in [6.45, 7) is 0. The Labute approximate surface area is 92.1 Å². The maximum Gasteiger partial charge on any atom is 0.181 e. The van der Waals surface area contributed by atoms with Crippen LogP contribution in [0.25, 0.3) is 11.1 Å². The molecule has 0 aliphatic heterocycles. The van der Waals surface area contributed by atoms with Crippen molar-refractivity contribution in [2.24, 2.45) is 5.14 Å². The summed E-state index contributed by atoms with van der Waals surface area (Å²) in [6.07, 6.45) is 0. The zero-order chi connectivity index (χ0) is 10.7. The number of rotatable bonds is 2. The third-order valence-corrected chi connectivity index (χ3v) is 2.98. The zero-order valence-electron chi connectivity index (χ0n) is 8.09. The van der Waals surface area contributed by atoms with Gasteiger partial charge in [0.2, 0.25) is 0 Å². The van der Waals surface area contributed by atoms with Crippen molar-refractivity contribution >= 4 is 11.4 Å². The maximum atomic E-state index is 11.3. The summed E-state index contributed by atoms with van der Waals surface area (Å²) < 4.78 is 11.3. The van der Waals surface area contributed by atoms with Gasteiger partial charge in [-0.3, -0.25) is 0 Å². The van der Waals surface area contributed by atoms with Crippen LogP contribution in [-0.2, 0) is 11.4 Å². The molecule has 2 rings (SSSR count). The zero-order valence-corrected chi connectivity index (χ0v) is 8.91. The number of nitrogens with two attached hydrogens (primary N) is 1. The van der Waals surface area contributed by atoms with E-state index in [4.69, 9.17) is 5.14 Å². The second-order valence-corrected chi connectivity index (χ2v) is 4.19. The highest BCUT2D eigenvalue weighted by molar-refractivity contribution is 7.89. The summed E-state index contributed by atoms with van der Waals surface area (Å²) in [7, 11) is 0. The molecule has 2 nitrogen and oxygen atoms in total. The first-order chi connectivity index (χ1) is 7.29. The average molecular weight is 217 g/mol. The van der Waals surface area contributed by atoms with Gasteiger partial charge >= 0.3 is 0 Å². The Hall–Kier alpha value is -1.29. The van der Waals surface area contributed by atoms with Crippen LogP contribution in [0.15, 0.2) is 59.5 Å². The van der Waals surface area contributed by atoms with Gasteiger partial charge in [-0.25, -0.2) is 0 Å². The van der Waals surface area contributed by atoms with Gasteiger partial charge in [0, 0.05) is 5.56 Å². The molecule has 0 aliphatic carbocycles. The fourth-order valence-corrected chi connectivity index (χ4v) is 2.11. The Morgan fingerprint density at radius 1 is 0.867 bits per heavy atom. The lowest BCUT2D eigenvalue weighted by atomic mass is 10.1. The Balaban J connectivity index is 2.53. The van der Waals surface area contributed by atoms with E-state index in [0.717, 1.165) is 11.1 Å². The van der Waals surface area contributed by atoms with E-state index in [2.05, 4.69) is 0 Å². The Kier molecular flexibility index (Phi) is 3.06. The lowest BCUT2D eigenvalue weighted by Gasteiger charge is -2.08. The summed E-state index contributed by atoms with van der Waals surface area (Å²) in [5.74, 6) is 0. The molecule has 0 heterocycles. The van der Waals surface area contributed by atoms with E-state index in [9.17, 15) is 4.55 Å². The van der Waals surface area contributed by atoms with E-state index in [-0.39, 0.29) is 0 Å². The SMILES string of the molecule is N[S@+]([O-])c1ccccc1-c1ccccc1. The van der Waals surface area contributed by atoms with Gasteiger partial charge in [-0.15, -0.1) is 5.14 Å². The van der Waals surface area contributed by atoms with Crippen molar-refractivity contribution in [2.45, 2.75) is 4.90 Å². The molecule has 15 heavy (non-hydrogen) atoms. The quantitative estimate of drug-likeness (QED) is 0.785. The predicted molar refractivity (Wildman–Crippen MR) is 62.5 cm³/mol. The van der Waals surface area contributed by atoms with Gasteiger partial charge < -0.3 is 4.55 Å². The predicted octanol–water partition coefficient (Wildman–Crippen LogP) is 2.33. The molecule has 0 radical (unpaired) electrons. The molecular weight excluding hydrogens is 206 g/mol. The first-order valence-electron chi connectivity index (χ1n) is 4.59. The summed E-state index contributed by atoms with van der Waals surface area (Å²) in [6, 6.07) is 17.3. The average Bonchev–Trinajstić information content (AvgIpc) is 2.30. The Morgan fingerprint density at radius 2 is 1.47 bits per heavy atom.